The van der Waals surface area contributed by atoms with Gasteiger partial charge in [0.05, 0.1) is 6.23 Å². The van der Waals surface area contributed by atoms with Crippen LogP contribution in [0.5, 0.6) is 0 Å². The molecule has 9 heteroatoms. The van der Waals surface area contributed by atoms with E-state index in [0.29, 0.717) is 0 Å². The van der Waals surface area contributed by atoms with Crippen LogP contribution in [0.25, 0.3) is 0 Å². The number of aliphatic hydroxyl groups is 1. The van der Waals surface area contributed by atoms with E-state index in [0.717, 1.165) is 19.6 Å². The first kappa shape index (κ1) is 33.0. The van der Waals surface area contributed by atoms with Crippen molar-refractivity contribution in [3.63, 3.8) is 0 Å². The van der Waals surface area contributed by atoms with Crippen LogP contribution >= 0.6 is 0 Å². The van der Waals surface area contributed by atoms with Gasteiger partial charge in [0.25, 0.3) is 0 Å². The lowest BCUT2D eigenvalue weighted by atomic mass is 10.3. The Morgan fingerprint density at radius 2 is 1.44 bits per heavy atom. The predicted molar refractivity (Wildman–Crippen MR) is 119 cm³/mol. The fourth-order valence-corrected chi connectivity index (χ4v) is 13.1. The summed E-state index contributed by atoms with van der Waals surface area (Å²) in [6, 6.07) is 0. The highest BCUT2D eigenvalue weighted by Gasteiger charge is 2.39. The fourth-order valence-electron chi connectivity index (χ4n) is 1.88. The highest BCUT2D eigenvalue weighted by molar-refractivity contribution is 6.86. The number of unbranched alkanes of at least 4 members (excludes halogenated alkanes) is 1. The quantitative estimate of drug-likeness (QED) is 0.353. The van der Waals surface area contributed by atoms with Gasteiger partial charge in [-0.2, -0.15) is 0 Å². The number of nitrogens with two attached hydrogens (primary N) is 1. The second kappa shape index (κ2) is 16.6. The molecule has 0 saturated heterocycles. The molecule has 0 aliphatic carbocycles. The Hall–Kier alpha value is 0.411. The Morgan fingerprint density at radius 3 is 1.80 bits per heavy atom. The van der Waals surface area contributed by atoms with Gasteiger partial charge in [-0.25, -0.2) is 0 Å². The van der Waals surface area contributed by atoms with Crippen molar-refractivity contribution >= 4 is 25.4 Å². The molecule has 0 aromatic heterocycles. The van der Waals surface area contributed by atoms with E-state index in [2.05, 4.69) is 12.2 Å². The molecule has 0 rings (SSSR count). The Labute approximate surface area is 161 Å². The molecule has 0 saturated carbocycles. The number of rotatable bonds is 11. The fraction of sp³-hybridized carbons (Fsp3) is 1.00. The first-order valence-corrected chi connectivity index (χ1v) is 17.2. The van der Waals surface area contributed by atoms with E-state index in [1.165, 1.54) is 12.8 Å². The van der Waals surface area contributed by atoms with E-state index in [9.17, 15) is 5.11 Å². The van der Waals surface area contributed by atoms with Gasteiger partial charge in [-0.1, -0.05) is 28.2 Å². The van der Waals surface area contributed by atoms with E-state index in [1.807, 2.05) is 39.3 Å². The molecule has 0 bridgehead atoms. The number of hydrogen-bond acceptors (Lipinski definition) is 6. The molecule has 0 unspecified atom stereocenters. The SMILES string of the molecule is C.C.CCCCNCCN.CO[Si](C)(C)O[Si](C)(C)O[Si](C)(C)CO. The third-order valence-corrected chi connectivity index (χ3v) is 12.8. The van der Waals surface area contributed by atoms with Gasteiger partial charge in [-0.3, -0.25) is 0 Å². The zero-order valence-electron chi connectivity index (χ0n) is 16.5. The van der Waals surface area contributed by atoms with E-state index in [4.69, 9.17) is 18.4 Å². The zero-order chi connectivity index (χ0) is 18.6. The third kappa shape index (κ3) is 22.4. The van der Waals surface area contributed by atoms with Gasteiger partial charge in [0, 0.05) is 20.2 Å². The van der Waals surface area contributed by atoms with E-state index in [-0.39, 0.29) is 21.1 Å². The smallest absolute Gasteiger partial charge is 0.322 e. The predicted octanol–water partition coefficient (Wildman–Crippen LogP) is 3.41. The van der Waals surface area contributed by atoms with Crippen LogP contribution in [0, 0.1) is 0 Å². The van der Waals surface area contributed by atoms with Crippen LogP contribution in [-0.4, -0.2) is 63.5 Å². The summed E-state index contributed by atoms with van der Waals surface area (Å²) in [4.78, 5) is 0. The van der Waals surface area contributed by atoms with Crippen LogP contribution in [0.15, 0.2) is 0 Å². The monoisotopic (exact) mass is 416 g/mol. The maximum atomic E-state index is 9.20. The minimum absolute atomic E-state index is 0. The lowest BCUT2D eigenvalue weighted by Gasteiger charge is -2.36. The molecule has 4 N–H and O–H groups in total. The summed E-state index contributed by atoms with van der Waals surface area (Å²) in [5.74, 6) is 0. The van der Waals surface area contributed by atoms with Crippen molar-refractivity contribution in [3.05, 3.63) is 0 Å². The summed E-state index contributed by atoms with van der Waals surface area (Å²) in [5.41, 5.74) is 5.25. The molecular weight excluding hydrogens is 368 g/mol. The van der Waals surface area contributed by atoms with Gasteiger partial charge in [0.2, 0.25) is 8.32 Å². The first-order chi connectivity index (χ1) is 10.4. The summed E-state index contributed by atoms with van der Waals surface area (Å²) < 4.78 is 17.3. The summed E-state index contributed by atoms with van der Waals surface area (Å²) in [6.07, 6.45) is 2.65. The van der Waals surface area contributed by atoms with E-state index >= 15 is 0 Å². The molecule has 0 spiro atoms. The maximum Gasteiger partial charge on any atom is 0.322 e. The minimum Gasteiger partial charge on any atom is -0.435 e. The summed E-state index contributed by atoms with van der Waals surface area (Å²) in [6.45, 7) is 17.0. The van der Waals surface area contributed by atoms with Gasteiger partial charge in [-0.15, -0.1) is 0 Å². The molecule has 0 fully saturated rings. The molecule has 0 aliphatic heterocycles. The van der Waals surface area contributed by atoms with Gasteiger partial charge in [0.15, 0.2) is 0 Å². The minimum atomic E-state index is -2.18. The molecule has 0 aromatic rings. The Bertz CT molecular complexity index is 269. The van der Waals surface area contributed by atoms with Crippen molar-refractivity contribution in [1.29, 1.82) is 0 Å². The molecule has 0 aromatic carbocycles. The van der Waals surface area contributed by atoms with Crippen LogP contribution < -0.4 is 11.1 Å². The van der Waals surface area contributed by atoms with Crippen molar-refractivity contribution in [2.24, 2.45) is 5.73 Å². The van der Waals surface area contributed by atoms with Crippen molar-refractivity contribution in [1.82, 2.24) is 5.32 Å². The van der Waals surface area contributed by atoms with E-state index in [1.54, 1.807) is 7.11 Å². The highest BCUT2D eigenvalue weighted by atomic mass is 28.5. The van der Waals surface area contributed by atoms with Crippen LogP contribution in [0.4, 0.5) is 0 Å². The molecule has 158 valence electrons. The van der Waals surface area contributed by atoms with Crippen molar-refractivity contribution < 1.29 is 17.8 Å². The van der Waals surface area contributed by atoms with Crippen LogP contribution in [-0.2, 0) is 12.7 Å². The molecule has 0 amide bonds. The lowest BCUT2D eigenvalue weighted by Crippen LogP contribution is -2.54. The van der Waals surface area contributed by atoms with E-state index < -0.39 is 25.4 Å². The lowest BCUT2D eigenvalue weighted by molar-refractivity contribution is 0.269. The largest absolute Gasteiger partial charge is 0.435 e. The highest BCUT2D eigenvalue weighted by Crippen LogP contribution is 2.20. The number of nitrogens with one attached hydrogen (secondary N) is 1. The van der Waals surface area contributed by atoms with Crippen molar-refractivity contribution in [3.8, 4) is 0 Å². The average Bonchev–Trinajstić information content (AvgIpc) is 2.42. The van der Waals surface area contributed by atoms with Crippen LogP contribution in [0.1, 0.15) is 34.6 Å². The summed E-state index contributed by atoms with van der Waals surface area (Å²) >= 11 is 0. The van der Waals surface area contributed by atoms with Crippen molar-refractivity contribution in [2.45, 2.75) is 73.9 Å². The normalized spacial score (nSPS) is 11.8. The van der Waals surface area contributed by atoms with Gasteiger partial charge >= 0.3 is 17.1 Å². The second-order valence-electron chi connectivity index (χ2n) is 7.02. The zero-order valence-corrected chi connectivity index (χ0v) is 19.5. The van der Waals surface area contributed by atoms with Crippen molar-refractivity contribution in [2.75, 3.05) is 33.0 Å². The molecule has 25 heavy (non-hydrogen) atoms. The van der Waals surface area contributed by atoms with Crippen LogP contribution in [0.2, 0.25) is 39.3 Å². The first-order valence-electron chi connectivity index (χ1n) is 8.42. The Balaban J connectivity index is -0.000000190. The molecule has 6 nitrogen and oxygen atoms in total. The summed E-state index contributed by atoms with van der Waals surface area (Å²) in [7, 11) is -4.52. The summed E-state index contributed by atoms with van der Waals surface area (Å²) in [5, 5.41) is 12.4. The van der Waals surface area contributed by atoms with Gasteiger partial charge in [0.1, 0.15) is 0 Å². The Kier molecular flexibility index (Phi) is 21.9. The third-order valence-electron chi connectivity index (χ3n) is 2.91. The molecule has 0 heterocycles. The molecular formula is C16H48N2O4Si3. The number of aliphatic hydroxyl groups excluding tert-OH is 1. The molecule has 0 aliphatic rings. The second-order valence-corrected chi connectivity index (χ2v) is 18.5. The topological polar surface area (TPSA) is 86.0 Å². The maximum absolute atomic E-state index is 9.20. The number of hydrogen-bond donors (Lipinski definition) is 3. The molecule has 0 radical (unpaired) electrons. The Morgan fingerprint density at radius 1 is 0.920 bits per heavy atom. The van der Waals surface area contributed by atoms with Gasteiger partial charge in [-0.05, 0) is 52.2 Å². The standard InChI is InChI=1S/C8H24O4Si3.C6H16N2.2CH4/c1-10-14(4,5)12-15(6,7)11-13(2,3)8-9;1-2-3-5-8-6-4-7;;/h9H,8H2,1-7H3;8H,2-7H2,1H3;2*1H4. The average molecular weight is 417 g/mol. The molecule has 0 atom stereocenters. The van der Waals surface area contributed by atoms with Crippen LogP contribution in [0.3, 0.4) is 0 Å². The van der Waals surface area contributed by atoms with Gasteiger partial charge < -0.3 is 28.8 Å².